The Hall–Kier alpha value is -1.32. The van der Waals surface area contributed by atoms with Gasteiger partial charge in [0.15, 0.2) is 0 Å². The highest BCUT2D eigenvalue weighted by atomic mass is 35.7. The molecule has 0 fully saturated rings. The van der Waals surface area contributed by atoms with Gasteiger partial charge in [-0.1, -0.05) is 0 Å². The van der Waals surface area contributed by atoms with Crippen molar-refractivity contribution < 1.29 is 17.5 Å². The third-order valence-electron chi connectivity index (χ3n) is 1.86. The zero-order chi connectivity index (χ0) is 12.9. The second-order valence-electron chi connectivity index (χ2n) is 3.20. The third kappa shape index (κ3) is 5.02. The summed E-state index contributed by atoms with van der Waals surface area (Å²) in [5.41, 5.74) is -0.0688. The maximum atomic E-state index is 13.1. The molecule has 92 valence electrons. The molecule has 0 bridgehead atoms. The first-order chi connectivity index (χ1) is 7.92. The van der Waals surface area contributed by atoms with Gasteiger partial charge in [0.25, 0.3) is 0 Å². The Kier molecular flexibility index (Phi) is 4.73. The summed E-state index contributed by atoms with van der Waals surface area (Å²) in [7, 11) is 1.48. The van der Waals surface area contributed by atoms with E-state index < -0.39 is 14.9 Å². The van der Waals surface area contributed by atoms with Gasteiger partial charge >= 0.3 is 0 Å². The highest BCUT2D eigenvalue weighted by molar-refractivity contribution is 8.13. The minimum atomic E-state index is -3.52. The molecule has 0 radical (unpaired) electrons. The maximum absolute atomic E-state index is 13.1. The largest absolute Gasteiger partial charge is 0.493 e. The van der Waals surface area contributed by atoms with Crippen LogP contribution in [0.1, 0.15) is 12.0 Å². The van der Waals surface area contributed by atoms with E-state index in [2.05, 4.69) is 0 Å². The Balaban J connectivity index is 2.48. The lowest BCUT2D eigenvalue weighted by Crippen LogP contribution is -2.05. The van der Waals surface area contributed by atoms with Gasteiger partial charge in [0.2, 0.25) is 9.05 Å². The fraction of sp³-hybridized carbons (Fsp3) is 0.300. The van der Waals surface area contributed by atoms with Crippen LogP contribution in [0.15, 0.2) is 18.2 Å². The molecule has 0 aliphatic heterocycles. The van der Waals surface area contributed by atoms with Crippen LogP contribution in [0.25, 0.3) is 0 Å². The quantitative estimate of drug-likeness (QED) is 0.610. The fourth-order valence-electron chi connectivity index (χ4n) is 1.10. The molecule has 1 aromatic rings. The van der Waals surface area contributed by atoms with Gasteiger partial charge in [-0.15, -0.1) is 0 Å². The molecule has 0 atom stereocenters. The van der Waals surface area contributed by atoms with Crippen molar-refractivity contribution in [2.75, 3.05) is 12.4 Å². The van der Waals surface area contributed by atoms with Gasteiger partial charge < -0.3 is 4.74 Å². The number of hydrogen-bond donors (Lipinski definition) is 0. The summed E-state index contributed by atoms with van der Waals surface area (Å²) in [4.78, 5) is 0. The Bertz CT molecular complexity index is 539. The first-order valence-corrected chi connectivity index (χ1v) is 7.15. The Morgan fingerprint density at radius 2 is 2.18 bits per heavy atom. The number of halogens is 2. The van der Waals surface area contributed by atoms with Crippen molar-refractivity contribution in [1.29, 1.82) is 5.26 Å². The van der Waals surface area contributed by atoms with Crippen LogP contribution < -0.4 is 4.74 Å². The lowest BCUT2D eigenvalue weighted by atomic mass is 10.2. The summed E-state index contributed by atoms with van der Waals surface area (Å²) in [5, 5.41) is 8.50. The summed E-state index contributed by atoms with van der Waals surface area (Å²) in [6.07, 6.45) is 0.216. The van der Waals surface area contributed by atoms with Crippen LogP contribution in [-0.2, 0) is 9.05 Å². The SMILES string of the molecule is N#Cc1ccc(OCCCS(=O)(=O)Cl)cc1F. The number of benzene rings is 1. The molecule has 0 aliphatic rings. The van der Waals surface area contributed by atoms with Crippen LogP contribution in [0.3, 0.4) is 0 Å². The molecule has 7 heteroatoms. The molecular formula is C10H9ClFNO3S. The van der Waals surface area contributed by atoms with E-state index >= 15 is 0 Å². The monoisotopic (exact) mass is 277 g/mol. The molecule has 1 aromatic carbocycles. The van der Waals surface area contributed by atoms with Crippen LogP contribution in [0.2, 0.25) is 0 Å². The van der Waals surface area contributed by atoms with Crippen molar-refractivity contribution in [2.45, 2.75) is 6.42 Å². The van der Waals surface area contributed by atoms with Crippen LogP contribution in [0.5, 0.6) is 5.75 Å². The molecule has 0 saturated heterocycles. The molecule has 1 rings (SSSR count). The molecule has 0 heterocycles. The number of nitrogens with zero attached hydrogens (tertiary/aromatic N) is 1. The van der Waals surface area contributed by atoms with E-state index in [0.717, 1.165) is 6.07 Å². The summed E-state index contributed by atoms with van der Waals surface area (Å²) >= 11 is 0. The van der Waals surface area contributed by atoms with E-state index in [1.807, 2.05) is 0 Å². The molecular weight excluding hydrogens is 269 g/mol. The van der Waals surface area contributed by atoms with Crippen molar-refractivity contribution >= 4 is 19.7 Å². The Labute approximate surface area is 103 Å². The third-order valence-corrected chi connectivity index (χ3v) is 3.10. The van der Waals surface area contributed by atoms with Crippen LogP contribution in [-0.4, -0.2) is 20.8 Å². The van der Waals surface area contributed by atoms with Crippen LogP contribution in [0, 0.1) is 17.1 Å². The topological polar surface area (TPSA) is 67.2 Å². The molecule has 17 heavy (non-hydrogen) atoms. The van der Waals surface area contributed by atoms with Gasteiger partial charge in [0, 0.05) is 16.7 Å². The Morgan fingerprint density at radius 1 is 1.47 bits per heavy atom. The maximum Gasteiger partial charge on any atom is 0.232 e. The van der Waals surface area contributed by atoms with Gasteiger partial charge in [-0.3, -0.25) is 0 Å². The number of ether oxygens (including phenoxy) is 1. The highest BCUT2D eigenvalue weighted by Crippen LogP contribution is 2.16. The average molecular weight is 278 g/mol. The minimum Gasteiger partial charge on any atom is -0.493 e. The van der Waals surface area contributed by atoms with Crippen molar-refractivity contribution in [3.63, 3.8) is 0 Å². The van der Waals surface area contributed by atoms with Gasteiger partial charge in [-0.05, 0) is 18.6 Å². The molecule has 0 unspecified atom stereocenters. The van der Waals surface area contributed by atoms with E-state index in [9.17, 15) is 12.8 Å². The molecule has 0 amide bonds. The van der Waals surface area contributed by atoms with Crippen molar-refractivity contribution in [3.8, 4) is 11.8 Å². The number of nitriles is 1. The van der Waals surface area contributed by atoms with Crippen molar-refractivity contribution in [1.82, 2.24) is 0 Å². The summed E-state index contributed by atoms with van der Waals surface area (Å²) < 4.78 is 39.4. The van der Waals surface area contributed by atoms with Crippen molar-refractivity contribution in [2.24, 2.45) is 0 Å². The zero-order valence-electron chi connectivity index (χ0n) is 8.69. The number of hydrogen-bond acceptors (Lipinski definition) is 4. The standard InChI is InChI=1S/C10H9ClFNO3S/c11-17(14,15)5-1-4-16-9-3-2-8(7-13)10(12)6-9/h2-3,6H,1,4-5H2. The predicted octanol–water partition coefficient (Wildman–Crippen LogP) is 2.03. The predicted molar refractivity (Wildman–Crippen MR) is 60.9 cm³/mol. The smallest absolute Gasteiger partial charge is 0.232 e. The second-order valence-corrected chi connectivity index (χ2v) is 6.09. The van der Waals surface area contributed by atoms with Crippen molar-refractivity contribution in [3.05, 3.63) is 29.6 Å². The molecule has 0 aromatic heterocycles. The first-order valence-electron chi connectivity index (χ1n) is 4.67. The average Bonchev–Trinajstić information content (AvgIpc) is 2.23. The summed E-state index contributed by atoms with van der Waals surface area (Å²) in [6.45, 7) is 0.108. The Morgan fingerprint density at radius 3 is 2.71 bits per heavy atom. The number of rotatable bonds is 5. The van der Waals surface area contributed by atoms with E-state index in [1.165, 1.54) is 12.1 Å². The van der Waals surface area contributed by atoms with E-state index in [1.54, 1.807) is 6.07 Å². The van der Waals surface area contributed by atoms with Gasteiger partial charge in [-0.2, -0.15) is 5.26 Å². The highest BCUT2D eigenvalue weighted by Gasteiger charge is 2.06. The first kappa shape index (κ1) is 13.7. The van der Waals surface area contributed by atoms with Crippen LogP contribution in [0.4, 0.5) is 4.39 Å². The minimum absolute atomic E-state index is 0.0688. The summed E-state index contributed by atoms with van der Waals surface area (Å²) in [6, 6.07) is 5.50. The van der Waals surface area contributed by atoms with Crippen LogP contribution >= 0.6 is 10.7 Å². The molecule has 0 saturated carbocycles. The molecule has 0 aliphatic carbocycles. The molecule has 4 nitrogen and oxygen atoms in total. The van der Waals surface area contributed by atoms with Gasteiger partial charge in [0.05, 0.1) is 17.9 Å². The second kappa shape index (κ2) is 5.84. The van der Waals surface area contributed by atoms with E-state index in [0.29, 0.717) is 0 Å². The van der Waals surface area contributed by atoms with E-state index in [-0.39, 0.29) is 30.1 Å². The lowest BCUT2D eigenvalue weighted by Gasteiger charge is -2.05. The van der Waals surface area contributed by atoms with E-state index in [4.69, 9.17) is 20.7 Å². The fourth-order valence-corrected chi connectivity index (χ4v) is 1.89. The zero-order valence-corrected chi connectivity index (χ0v) is 10.3. The normalized spacial score (nSPS) is 10.9. The molecule has 0 spiro atoms. The summed E-state index contributed by atoms with van der Waals surface area (Å²) in [5.74, 6) is -0.628. The lowest BCUT2D eigenvalue weighted by molar-refractivity contribution is 0.316. The van der Waals surface area contributed by atoms with Gasteiger partial charge in [0.1, 0.15) is 17.6 Å². The molecule has 0 N–H and O–H groups in total. The van der Waals surface area contributed by atoms with Gasteiger partial charge in [-0.25, -0.2) is 12.8 Å².